The molecule has 3 rings (SSSR count). The van der Waals surface area contributed by atoms with Gasteiger partial charge in [-0.05, 0) is 44.9 Å². The number of esters is 1. The molecule has 1 aliphatic rings. The van der Waals surface area contributed by atoms with E-state index in [1.54, 1.807) is 19.1 Å². The Hall–Kier alpha value is -2.19. The van der Waals surface area contributed by atoms with Crippen molar-refractivity contribution in [3.63, 3.8) is 0 Å². The van der Waals surface area contributed by atoms with Crippen LogP contribution in [0.25, 0.3) is 0 Å². The standard InChI is InChI=1S/C18H22N2O5S/c1-13-6-3-4-9-20(13)26(22,23)17-8-5-7-15(11-17)18(21)24-12-16-10-14(2)25-19-16/h5,7-8,10-11,13H,3-4,6,9,12H2,1-2H3/t13-/m0/s1. The Bertz CT molecular complexity index is 890. The molecule has 0 aliphatic carbocycles. The highest BCUT2D eigenvalue weighted by atomic mass is 32.2. The highest BCUT2D eigenvalue weighted by Gasteiger charge is 2.31. The summed E-state index contributed by atoms with van der Waals surface area (Å²) in [5.74, 6) is 0.0224. The fraction of sp³-hybridized carbons (Fsp3) is 0.444. The molecule has 0 spiro atoms. The van der Waals surface area contributed by atoms with Gasteiger partial charge in [0.2, 0.25) is 10.0 Å². The summed E-state index contributed by atoms with van der Waals surface area (Å²) >= 11 is 0. The van der Waals surface area contributed by atoms with Crippen molar-refractivity contribution < 1.29 is 22.5 Å². The van der Waals surface area contributed by atoms with Gasteiger partial charge in [0.05, 0.1) is 10.5 Å². The van der Waals surface area contributed by atoms with Crippen molar-refractivity contribution in [3.8, 4) is 0 Å². The minimum absolute atomic E-state index is 0.0314. The van der Waals surface area contributed by atoms with Crippen LogP contribution in [0.2, 0.25) is 0 Å². The Morgan fingerprint density at radius 1 is 1.35 bits per heavy atom. The number of aryl methyl sites for hydroxylation is 1. The first-order valence-corrected chi connectivity index (χ1v) is 10.0. The fourth-order valence-corrected chi connectivity index (χ4v) is 4.80. The van der Waals surface area contributed by atoms with Gasteiger partial charge >= 0.3 is 5.97 Å². The zero-order valence-corrected chi connectivity index (χ0v) is 15.7. The summed E-state index contributed by atoms with van der Waals surface area (Å²) in [6.07, 6.45) is 2.72. The lowest BCUT2D eigenvalue weighted by atomic mass is 10.1. The van der Waals surface area contributed by atoms with Gasteiger partial charge in [-0.25, -0.2) is 13.2 Å². The molecular weight excluding hydrogens is 356 g/mol. The molecule has 8 heteroatoms. The summed E-state index contributed by atoms with van der Waals surface area (Å²) in [5.41, 5.74) is 0.692. The number of aromatic nitrogens is 1. The number of rotatable bonds is 5. The van der Waals surface area contributed by atoms with Crippen molar-refractivity contribution in [1.82, 2.24) is 9.46 Å². The first kappa shape index (κ1) is 18.6. The van der Waals surface area contributed by atoms with E-state index in [0.717, 1.165) is 19.3 Å². The van der Waals surface area contributed by atoms with Crippen molar-refractivity contribution in [2.45, 2.75) is 50.7 Å². The SMILES string of the molecule is Cc1cc(COC(=O)c2cccc(S(=O)(=O)N3CCCC[C@@H]3C)c2)no1. The summed E-state index contributed by atoms with van der Waals surface area (Å²) in [4.78, 5) is 12.4. The number of carbonyl (C=O) groups is 1. The van der Waals surface area contributed by atoms with Crippen LogP contribution in [-0.4, -0.2) is 36.4 Å². The second-order valence-corrected chi connectivity index (χ2v) is 8.38. The maximum atomic E-state index is 12.9. The molecule has 140 valence electrons. The second-order valence-electron chi connectivity index (χ2n) is 6.49. The Morgan fingerprint density at radius 2 is 2.15 bits per heavy atom. The van der Waals surface area contributed by atoms with Crippen LogP contribution in [-0.2, 0) is 21.4 Å². The number of benzene rings is 1. The molecule has 0 bridgehead atoms. The number of nitrogens with zero attached hydrogens (tertiary/aromatic N) is 2. The van der Waals surface area contributed by atoms with Gasteiger partial charge < -0.3 is 9.26 Å². The number of ether oxygens (including phenoxy) is 1. The summed E-state index contributed by atoms with van der Waals surface area (Å²) in [6, 6.07) is 7.60. The molecule has 1 fully saturated rings. The Balaban J connectivity index is 1.75. The van der Waals surface area contributed by atoms with Gasteiger partial charge in [-0.3, -0.25) is 0 Å². The lowest BCUT2D eigenvalue weighted by Gasteiger charge is -2.32. The normalized spacial score (nSPS) is 18.6. The third-order valence-electron chi connectivity index (χ3n) is 4.45. The monoisotopic (exact) mass is 378 g/mol. The van der Waals surface area contributed by atoms with Gasteiger partial charge in [-0.2, -0.15) is 4.31 Å². The average molecular weight is 378 g/mol. The zero-order chi connectivity index (χ0) is 18.7. The highest BCUT2D eigenvalue weighted by Crippen LogP contribution is 2.25. The molecule has 26 heavy (non-hydrogen) atoms. The Morgan fingerprint density at radius 3 is 2.85 bits per heavy atom. The smallest absolute Gasteiger partial charge is 0.338 e. The molecule has 2 aromatic rings. The van der Waals surface area contributed by atoms with Gasteiger partial charge in [0.1, 0.15) is 18.1 Å². The first-order chi connectivity index (χ1) is 12.4. The molecule has 1 saturated heterocycles. The quantitative estimate of drug-likeness (QED) is 0.743. The number of piperidine rings is 1. The van der Waals surface area contributed by atoms with Gasteiger partial charge in [0.25, 0.3) is 0 Å². The molecule has 2 heterocycles. The van der Waals surface area contributed by atoms with E-state index in [1.165, 1.54) is 22.5 Å². The van der Waals surface area contributed by atoms with Crippen molar-refractivity contribution in [2.24, 2.45) is 0 Å². The van der Waals surface area contributed by atoms with Gasteiger partial charge in [-0.1, -0.05) is 17.6 Å². The van der Waals surface area contributed by atoms with Crippen LogP contribution < -0.4 is 0 Å². The van der Waals surface area contributed by atoms with Crippen LogP contribution in [0.3, 0.4) is 0 Å². The van der Waals surface area contributed by atoms with Gasteiger partial charge in [-0.15, -0.1) is 0 Å². The molecule has 0 N–H and O–H groups in total. The van der Waals surface area contributed by atoms with Crippen molar-refractivity contribution in [1.29, 1.82) is 0 Å². The predicted molar refractivity (Wildman–Crippen MR) is 94.0 cm³/mol. The van der Waals surface area contributed by atoms with E-state index in [-0.39, 0.29) is 23.1 Å². The van der Waals surface area contributed by atoms with E-state index in [4.69, 9.17) is 9.26 Å². The average Bonchev–Trinajstić information content (AvgIpc) is 3.05. The molecule has 1 aromatic heterocycles. The maximum Gasteiger partial charge on any atom is 0.338 e. The van der Waals surface area contributed by atoms with Crippen LogP contribution in [0.4, 0.5) is 0 Å². The van der Waals surface area contributed by atoms with E-state index in [2.05, 4.69) is 5.16 Å². The first-order valence-electron chi connectivity index (χ1n) is 8.59. The minimum Gasteiger partial charge on any atom is -0.455 e. The number of carbonyl (C=O) groups excluding carboxylic acids is 1. The molecule has 0 saturated carbocycles. The van der Waals surface area contributed by atoms with Gasteiger partial charge in [0.15, 0.2) is 0 Å². The zero-order valence-electron chi connectivity index (χ0n) is 14.8. The van der Waals surface area contributed by atoms with Crippen LogP contribution in [0.5, 0.6) is 0 Å². The number of sulfonamides is 1. The molecule has 0 amide bonds. The van der Waals surface area contributed by atoms with E-state index in [9.17, 15) is 13.2 Å². The largest absolute Gasteiger partial charge is 0.455 e. The molecule has 0 unspecified atom stereocenters. The van der Waals surface area contributed by atoms with Crippen molar-refractivity contribution in [3.05, 3.63) is 47.3 Å². The molecule has 7 nitrogen and oxygen atoms in total. The van der Waals surface area contributed by atoms with E-state index in [1.807, 2.05) is 6.92 Å². The highest BCUT2D eigenvalue weighted by molar-refractivity contribution is 7.89. The Labute approximate surface area is 153 Å². The molecule has 1 aliphatic heterocycles. The summed E-state index contributed by atoms with van der Waals surface area (Å²) < 4.78 is 37.4. The van der Waals surface area contributed by atoms with E-state index >= 15 is 0 Å². The number of hydrogen-bond donors (Lipinski definition) is 0. The predicted octanol–water partition coefficient (Wildman–Crippen LogP) is 2.90. The maximum absolute atomic E-state index is 12.9. The lowest BCUT2D eigenvalue weighted by Crippen LogP contribution is -2.41. The fourth-order valence-electron chi connectivity index (χ4n) is 3.06. The van der Waals surface area contributed by atoms with E-state index < -0.39 is 16.0 Å². The minimum atomic E-state index is -3.63. The van der Waals surface area contributed by atoms with Crippen LogP contribution in [0.15, 0.2) is 39.8 Å². The third-order valence-corrected chi connectivity index (χ3v) is 6.46. The van der Waals surface area contributed by atoms with E-state index in [0.29, 0.717) is 18.0 Å². The molecule has 0 radical (unpaired) electrons. The summed E-state index contributed by atoms with van der Waals surface area (Å²) in [6.45, 7) is 4.13. The topological polar surface area (TPSA) is 89.7 Å². The van der Waals surface area contributed by atoms with Crippen molar-refractivity contribution in [2.75, 3.05) is 6.54 Å². The second kappa shape index (κ2) is 7.59. The summed E-state index contributed by atoms with van der Waals surface area (Å²) in [7, 11) is -3.63. The van der Waals surface area contributed by atoms with Crippen molar-refractivity contribution >= 4 is 16.0 Å². The van der Waals surface area contributed by atoms with Crippen LogP contribution in [0.1, 0.15) is 48.0 Å². The van der Waals surface area contributed by atoms with Crippen LogP contribution in [0, 0.1) is 6.92 Å². The molecule has 1 atom stereocenters. The van der Waals surface area contributed by atoms with Crippen LogP contribution >= 0.6 is 0 Å². The third kappa shape index (κ3) is 3.96. The van der Waals surface area contributed by atoms with Gasteiger partial charge in [0, 0.05) is 18.7 Å². The molecular formula is C18H22N2O5S. The Kier molecular flexibility index (Phi) is 5.43. The molecule has 1 aromatic carbocycles. The summed E-state index contributed by atoms with van der Waals surface area (Å²) in [5, 5.41) is 3.75. The number of hydrogen-bond acceptors (Lipinski definition) is 6. The lowest BCUT2D eigenvalue weighted by molar-refractivity contribution is 0.0464.